The number of hydrogen-bond donors (Lipinski definition) is 4. The van der Waals surface area contributed by atoms with E-state index < -0.39 is 12.2 Å². The van der Waals surface area contributed by atoms with Gasteiger partial charge < -0.3 is 40.1 Å². The van der Waals surface area contributed by atoms with E-state index in [1.807, 2.05) is 0 Å². The van der Waals surface area contributed by atoms with Crippen molar-refractivity contribution in [2.45, 2.75) is 361 Å². The van der Waals surface area contributed by atoms with E-state index in [9.17, 15) is 19.8 Å². The average Bonchev–Trinajstić information content (AvgIpc) is 3.45. The average molecular weight is 1140 g/mol. The van der Waals surface area contributed by atoms with Crippen molar-refractivity contribution < 1.29 is 29.3 Å². The van der Waals surface area contributed by atoms with Crippen LogP contribution >= 0.6 is 0 Å². The Hall–Kier alpha value is -1.30. The maximum atomic E-state index is 12.4. The first-order valence-electron chi connectivity index (χ1n) is 35.9. The van der Waals surface area contributed by atoms with Gasteiger partial charge in [0.25, 0.3) is 0 Å². The minimum atomic E-state index is -0.458. The zero-order valence-electron chi connectivity index (χ0n) is 54.4. The fourth-order valence-electron chi connectivity index (χ4n) is 11.3. The Morgan fingerprint density at radius 1 is 0.312 bits per heavy atom. The highest BCUT2D eigenvalue weighted by Gasteiger charge is 2.15. The van der Waals surface area contributed by atoms with Crippen LogP contribution in [0.5, 0.6) is 0 Å². The zero-order valence-corrected chi connectivity index (χ0v) is 54.4. The molecule has 10 heteroatoms. The molecular formula is C70H142N4O6. The van der Waals surface area contributed by atoms with Crippen LogP contribution in [0.15, 0.2) is 0 Å². The van der Waals surface area contributed by atoms with E-state index in [0.717, 1.165) is 77.5 Å². The number of unbranched alkanes of at least 4 members (excludes halogenated alkanes) is 41. The van der Waals surface area contributed by atoms with Crippen LogP contribution in [0.4, 0.5) is 0 Å². The number of hydrogen-bond acceptors (Lipinski definition) is 10. The molecule has 0 amide bonds. The fourth-order valence-corrected chi connectivity index (χ4v) is 11.3. The number of aliphatic hydroxyl groups is 2. The molecule has 0 saturated carbocycles. The molecule has 0 aliphatic heterocycles. The molecule has 0 aromatic rings. The Balaban J connectivity index is 4.97. The van der Waals surface area contributed by atoms with Crippen molar-refractivity contribution in [2.24, 2.45) is 0 Å². The molecule has 0 radical (unpaired) electrons. The maximum Gasteiger partial charge on any atom is 0.305 e. The van der Waals surface area contributed by atoms with Gasteiger partial charge in [-0.2, -0.15) is 0 Å². The van der Waals surface area contributed by atoms with Crippen molar-refractivity contribution >= 4 is 11.9 Å². The van der Waals surface area contributed by atoms with Crippen LogP contribution in [0.3, 0.4) is 0 Å². The molecule has 0 fully saturated rings. The third kappa shape index (κ3) is 62.7. The van der Waals surface area contributed by atoms with Crippen LogP contribution in [0.1, 0.15) is 349 Å². The van der Waals surface area contributed by atoms with Gasteiger partial charge >= 0.3 is 11.9 Å². The molecule has 2 unspecified atom stereocenters. The number of ether oxygens (including phenoxy) is 2. The smallest absolute Gasteiger partial charge is 0.305 e. The summed E-state index contributed by atoms with van der Waals surface area (Å²) in [6.07, 6.45) is 61.1. The molecule has 0 heterocycles. The lowest BCUT2D eigenvalue weighted by atomic mass is 10.1. The van der Waals surface area contributed by atoms with Gasteiger partial charge in [0.05, 0.1) is 25.4 Å². The summed E-state index contributed by atoms with van der Waals surface area (Å²) >= 11 is 0. The summed E-state index contributed by atoms with van der Waals surface area (Å²) in [5, 5.41) is 29.3. The van der Waals surface area contributed by atoms with E-state index in [0.29, 0.717) is 65.3 Å². The third-order valence-corrected chi connectivity index (χ3v) is 16.5. The Kier molecular flexibility index (Phi) is 65.7. The summed E-state index contributed by atoms with van der Waals surface area (Å²) in [5.74, 6) is -0.202. The van der Waals surface area contributed by atoms with E-state index in [1.54, 1.807) is 0 Å². The molecule has 0 aliphatic carbocycles. The Labute approximate surface area is 499 Å². The minimum absolute atomic E-state index is 0.100. The number of esters is 2. The molecule has 0 rings (SSSR count). The van der Waals surface area contributed by atoms with Crippen LogP contribution in [0.25, 0.3) is 0 Å². The molecule has 2 atom stereocenters. The fraction of sp³-hybridized carbons (Fsp3) is 0.971. The number of carbonyl (C=O) groups is 2. The first kappa shape index (κ1) is 78.7. The van der Waals surface area contributed by atoms with Crippen molar-refractivity contribution in [1.82, 2.24) is 20.4 Å². The summed E-state index contributed by atoms with van der Waals surface area (Å²) in [4.78, 5) is 29.8. The number of rotatable bonds is 69. The molecular weight excluding hydrogens is 993 g/mol. The van der Waals surface area contributed by atoms with E-state index >= 15 is 0 Å². The standard InChI is InChI=1S/C70H142N4O6/c1-5-9-13-17-21-25-28-30-33-37-41-45-57-73(65-67(75)63-71-55-51-53-69(77)79-61-49-43-39-35-24-20-16-12-8-4)59-47-48-60-74(58-46-42-38-34-31-29-26-22-18-14-10-6-2)66-68(76)64-72-56-52-54-70(78)80-62-50-44-40-36-32-27-23-19-15-11-7-3/h67-68,71-72,75-76H,5-66H2,1-4H3. The number of nitrogens with zero attached hydrogens (tertiary/aromatic N) is 2. The topological polar surface area (TPSA) is 124 Å². The summed E-state index contributed by atoms with van der Waals surface area (Å²) < 4.78 is 11.1. The molecule has 0 spiro atoms. The largest absolute Gasteiger partial charge is 0.466 e. The van der Waals surface area contributed by atoms with Crippen molar-refractivity contribution in [2.75, 3.05) is 78.7 Å². The van der Waals surface area contributed by atoms with Crippen LogP contribution < -0.4 is 10.6 Å². The van der Waals surface area contributed by atoms with Crippen LogP contribution in [-0.4, -0.2) is 123 Å². The van der Waals surface area contributed by atoms with E-state index in [1.165, 1.54) is 257 Å². The monoisotopic (exact) mass is 1140 g/mol. The Morgan fingerprint density at radius 3 is 0.775 bits per heavy atom. The van der Waals surface area contributed by atoms with Crippen LogP contribution in [0.2, 0.25) is 0 Å². The van der Waals surface area contributed by atoms with Crippen molar-refractivity contribution in [3.05, 3.63) is 0 Å². The van der Waals surface area contributed by atoms with Gasteiger partial charge in [0.15, 0.2) is 0 Å². The molecule has 0 aromatic heterocycles. The second-order valence-electron chi connectivity index (χ2n) is 24.8. The molecule has 0 aliphatic rings. The number of carbonyl (C=O) groups excluding carboxylic acids is 2. The number of nitrogens with one attached hydrogen (secondary N) is 2. The maximum absolute atomic E-state index is 12.4. The van der Waals surface area contributed by atoms with E-state index in [2.05, 4.69) is 48.1 Å². The summed E-state index contributed by atoms with van der Waals surface area (Å²) in [7, 11) is 0. The highest BCUT2D eigenvalue weighted by Crippen LogP contribution is 2.16. The molecule has 478 valence electrons. The Morgan fingerprint density at radius 2 is 0.525 bits per heavy atom. The highest BCUT2D eigenvalue weighted by atomic mass is 16.5. The first-order valence-corrected chi connectivity index (χ1v) is 35.9. The molecule has 0 saturated heterocycles. The summed E-state index contributed by atoms with van der Waals surface area (Å²) in [6, 6.07) is 0. The van der Waals surface area contributed by atoms with Gasteiger partial charge in [-0.1, -0.05) is 285 Å². The second kappa shape index (κ2) is 66.8. The summed E-state index contributed by atoms with van der Waals surface area (Å²) in [5.41, 5.74) is 0. The first-order chi connectivity index (χ1) is 39.4. The van der Waals surface area contributed by atoms with Gasteiger partial charge in [-0.05, 0) is 90.6 Å². The second-order valence-corrected chi connectivity index (χ2v) is 24.8. The normalized spacial score (nSPS) is 12.6. The Bertz CT molecular complexity index is 1210. The van der Waals surface area contributed by atoms with E-state index in [4.69, 9.17) is 9.47 Å². The molecule has 4 N–H and O–H groups in total. The molecule has 80 heavy (non-hydrogen) atoms. The predicted molar refractivity (Wildman–Crippen MR) is 346 cm³/mol. The van der Waals surface area contributed by atoms with Crippen molar-refractivity contribution in [3.63, 3.8) is 0 Å². The SMILES string of the molecule is CCCCCCCCCCCCCCN(CCCCN(CCCCCCCCCCCCCC)CC(O)CNCCCC(=O)OCCCCCCCCCCCCC)CC(O)CNCCCC(=O)OCCCCCCCCCCC. The van der Waals surface area contributed by atoms with Gasteiger partial charge in [0, 0.05) is 39.0 Å². The molecule has 10 nitrogen and oxygen atoms in total. The van der Waals surface area contributed by atoms with E-state index in [-0.39, 0.29) is 11.9 Å². The quantitative estimate of drug-likeness (QED) is 0.0346. The lowest BCUT2D eigenvalue weighted by molar-refractivity contribution is -0.144. The van der Waals surface area contributed by atoms with Crippen LogP contribution in [0, 0.1) is 0 Å². The van der Waals surface area contributed by atoms with Gasteiger partial charge in [-0.25, -0.2) is 0 Å². The zero-order chi connectivity index (χ0) is 58.1. The van der Waals surface area contributed by atoms with Crippen molar-refractivity contribution in [3.8, 4) is 0 Å². The van der Waals surface area contributed by atoms with Crippen LogP contribution in [-0.2, 0) is 19.1 Å². The van der Waals surface area contributed by atoms with Gasteiger partial charge in [0.2, 0.25) is 0 Å². The third-order valence-electron chi connectivity index (χ3n) is 16.5. The van der Waals surface area contributed by atoms with Crippen molar-refractivity contribution in [1.29, 1.82) is 0 Å². The lowest BCUT2D eigenvalue weighted by Crippen LogP contribution is -2.40. The predicted octanol–water partition coefficient (Wildman–Crippen LogP) is 18.2. The summed E-state index contributed by atoms with van der Waals surface area (Å²) in [6.45, 7) is 18.0. The van der Waals surface area contributed by atoms with Gasteiger partial charge in [-0.3, -0.25) is 9.59 Å². The highest BCUT2D eigenvalue weighted by molar-refractivity contribution is 5.69. The van der Waals surface area contributed by atoms with Gasteiger partial charge in [-0.15, -0.1) is 0 Å². The lowest BCUT2D eigenvalue weighted by Gasteiger charge is -2.27. The molecule has 0 aromatic carbocycles. The van der Waals surface area contributed by atoms with Gasteiger partial charge in [0.1, 0.15) is 0 Å². The number of aliphatic hydroxyl groups excluding tert-OH is 2. The minimum Gasteiger partial charge on any atom is -0.466 e. The molecule has 0 bridgehead atoms.